The fourth-order valence-electron chi connectivity index (χ4n) is 3.49. The van der Waals surface area contributed by atoms with E-state index in [0.29, 0.717) is 18.7 Å². The van der Waals surface area contributed by atoms with Gasteiger partial charge in [-0.15, -0.1) is 0 Å². The molecule has 8 nitrogen and oxygen atoms in total. The monoisotopic (exact) mass is 488 g/mol. The van der Waals surface area contributed by atoms with Crippen molar-refractivity contribution in [2.24, 2.45) is 0 Å². The number of benzene rings is 2. The Morgan fingerprint density at radius 3 is 2.12 bits per heavy atom. The van der Waals surface area contributed by atoms with Gasteiger partial charge in [0.25, 0.3) is 0 Å². The van der Waals surface area contributed by atoms with E-state index in [1.54, 1.807) is 30.3 Å². The first-order valence-electron chi connectivity index (χ1n) is 11.5. The second-order valence-electron chi connectivity index (χ2n) is 8.35. The van der Waals surface area contributed by atoms with Crippen LogP contribution < -0.4 is 9.62 Å². The third-order valence-corrected chi connectivity index (χ3v) is 7.29. The Kier molecular flexibility index (Phi) is 10.1. The molecule has 34 heavy (non-hydrogen) atoms. The van der Waals surface area contributed by atoms with Crippen molar-refractivity contribution in [2.75, 3.05) is 31.5 Å². The van der Waals surface area contributed by atoms with Crippen molar-refractivity contribution in [1.82, 2.24) is 14.5 Å². The number of anilines is 1. The van der Waals surface area contributed by atoms with Crippen LogP contribution >= 0.6 is 0 Å². The van der Waals surface area contributed by atoms with Crippen molar-refractivity contribution in [3.63, 3.8) is 0 Å². The predicted molar refractivity (Wildman–Crippen MR) is 136 cm³/mol. The summed E-state index contributed by atoms with van der Waals surface area (Å²) >= 11 is 0. The van der Waals surface area contributed by atoms with Crippen LogP contribution in [0.2, 0.25) is 0 Å². The van der Waals surface area contributed by atoms with Crippen molar-refractivity contribution in [1.29, 1.82) is 0 Å². The predicted octanol–water partition coefficient (Wildman–Crippen LogP) is 2.94. The maximum atomic E-state index is 13.7. The molecule has 0 saturated heterocycles. The fraction of sp³-hybridized carbons (Fsp3) is 0.440. The minimum atomic E-state index is -3.95. The summed E-state index contributed by atoms with van der Waals surface area (Å²) in [6.07, 6.45) is 1.18. The number of rotatable bonds is 12. The van der Waals surface area contributed by atoms with E-state index in [9.17, 15) is 18.0 Å². The third-order valence-electron chi connectivity index (χ3n) is 5.47. The molecule has 0 heterocycles. The number of nitrogens with one attached hydrogen (secondary N) is 1. The van der Waals surface area contributed by atoms with Crippen LogP contribution in [0.25, 0.3) is 0 Å². The molecule has 0 aliphatic heterocycles. The van der Waals surface area contributed by atoms with Gasteiger partial charge in [-0.05, 0) is 37.5 Å². The van der Waals surface area contributed by atoms with Crippen LogP contribution in [0.15, 0.2) is 54.6 Å². The van der Waals surface area contributed by atoms with Gasteiger partial charge in [-0.3, -0.25) is 9.59 Å². The highest BCUT2D eigenvalue weighted by Crippen LogP contribution is 2.21. The molecule has 0 saturated carbocycles. The quantitative estimate of drug-likeness (QED) is 0.497. The van der Waals surface area contributed by atoms with Crippen LogP contribution in [0.3, 0.4) is 0 Å². The molecule has 9 heteroatoms. The van der Waals surface area contributed by atoms with Gasteiger partial charge >= 0.3 is 10.2 Å². The number of hydrogen-bond donors (Lipinski definition) is 1. The lowest BCUT2D eigenvalue weighted by Crippen LogP contribution is -2.53. The Hall–Kier alpha value is -2.91. The van der Waals surface area contributed by atoms with Gasteiger partial charge in [0.1, 0.15) is 12.6 Å². The first-order valence-corrected chi connectivity index (χ1v) is 12.9. The van der Waals surface area contributed by atoms with E-state index in [1.807, 2.05) is 45.0 Å². The lowest BCUT2D eigenvalue weighted by Gasteiger charge is -2.34. The molecule has 1 N–H and O–H groups in total. The van der Waals surface area contributed by atoms with Gasteiger partial charge in [-0.25, -0.2) is 4.31 Å². The van der Waals surface area contributed by atoms with Crippen LogP contribution in [0.5, 0.6) is 0 Å². The van der Waals surface area contributed by atoms with Crippen LogP contribution in [-0.2, 0) is 26.3 Å². The number of amides is 2. The number of hydrogen-bond acceptors (Lipinski definition) is 4. The number of nitrogens with zero attached hydrogens (tertiary/aromatic N) is 3. The Bertz CT molecular complexity index is 1040. The maximum absolute atomic E-state index is 13.7. The van der Waals surface area contributed by atoms with Crippen LogP contribution in [0, 0.1) is 6.92 Å². The molecular weight excluding hydrogens is 452 g/mol. The number of carbonyl (C=O) groups is 2. The summed E-state index contributed by atoms with van der Waals surface area (Å²) in [5.41, 5.74) is 2.33. The second kappa shape index (κ2) is 12.5. The molecule has 186 valence electrons. The molecule has 0 fully saturated rings. The summed E-state index contributed by atoms with van der Waals surface area (Å²) in [4.78, 5) is 28.1. The molecule has 2 aromatic carbocycles. The van der Waals surface area contributed by atoms with Gasteiger partial charge in [0.05, 0.1) is 5.69 Å². The van der Waals surface area contributed by atoms with E-state index in [4.69, 9.17) is 0 Å². The maximum Gasteiger partial charge on any atom is 0.304 e. The van der Waals surface area contributed by atoms with E-state index < -0.39 is 28.7 Å². The molecule has 2 amide bonds. The third kappa shape index (κ3) is 7.04. The molecule has 1 unspecified atom stereocenters. The molecule has 1 atom stereocenters. The summed E-state index contributed by atoms with van der Waals surface area (Å²) < 4.78 is 28.4. The van der Waals surface area contributed by atoms with Crippen molar-refractivity contribution in [3.05, 3.63) is 65.7 Å². The smallest absolute Gasteiger partial charge is 0.304 e. The first-order chi connectivity index (χ1) is 16.1. The van der Waals surface area contributed by atoms with Gasteiger partial charge in [-0.2, -0.15) is 12.7 Å². The summed E-state index contributed by atoms with van der Waals surface area (Å²) in [6.45, 7) is 6.06. The topological polar surface area (TPSA) is 90.0 Å². The van der Waals surface area contributed by atoms with Crippen LogP contribution in [0.4, 0.5) is 5.69 Å². The highest BCUT2D eigenvalue weighted by molar-refractivity contribution is 7.90. The average molecular weight is 489 g/mol. The van der Waals surface area contributed by atoms with Crippen molar-refractivity contribution < 1.29 is 18.0 Å². The molecule has 0 aromatic heterocycles. The van der Waals surface area contributed by atoms with Gasteiger partial charge in [-0.1, -0.05) is 61.9 Å². The number of aryl methyl sites for hydroxylation is 1. The Labute approximate surface area is 203 Å². The molecule has 0 bridgehead atoms. The molecule has 0 spiro atoms. The summed E-state index contributed by atoms with van der Waals surface area (Å²) in [5, 5.41) is 2.87. The minimum absolute atomic E-state index is 0.196. The highest BCUT2D eigenvalue weighted by Gasteiger charge is 2.33. The van der Waals surface area contributed by atoms with Crippen molar-refractivity contribution in [2.45, 2.75) is 46.2 Å². The van der Waals surface area contributed by atoms with Crippen LogP contribution in [-0.4, -0.2) is 62.7 Å². The van der Waals surface area contributed by atoms with Crippen molar-refractivity contribution in [3.8, 4) is 0 Å². The number of carbonyl (C=O) groups excluding carboxylic acids is 2. The average Bonchev–Trinajstić information content (AvgIpc) is 2.82. The normalized spacial score (nSPS) is 12.3. The summed E-state index contributed by atoms with van der Waals surface area (Å²) in [6, 6.07) is 15.5. The second-order valence-corrected chi connectivity index (χ2v) is 10.4. The van der Waals surface area contributed by atoms with E-state index >= 15 is 0 Å². The zero-order chi connectivity index (χ0) is 25.3. The van der Waals surface area contributed by atoms with Gasteiger partial charge in [0, 0.05) is 27.2 Å². The first kappa shape index (κ1) is 27.3. The molecule has 2 rings (SSSR count). The zero-order valence-electron chi connectivity index (χ0n) is 20.7. The van der Waals surface area contributed by atoms with E-state index in [0.717, 1.165) is 26.2 Å². The van der Waals surface area contributed by atoms with Gasteiger partial charge in [0.15, 0.2) is 0 Å². The van der Waals surface area contributed by atoms with Crippen LogP contribution in [0.1, 0.15) is 37.8 Å². The number of para-hydroxylation sites is 1. The Morgan fingerprint density at radius 1 is 0.971 bits per heavy atom. The zero-order valence-corrected chi connectivity index (χ0v) is 21.5. The highest BCUT2D eigenvalue weighted by atomic mass is 32.2. The van der Waals surface area contributed by atoms with Gasteiger partial charge < -0.3 is 10.2 Å². The largest absolute Gasteiger partial charge is 0.354 e. The summed E-state index contributed by atoms with van der Waals surface area (Å²) in [7, 11) is -1.10. The molecule has 2 aromatic rings. The molecule has 0 aliphatic carbocycles. The Balaban J connectivity index is 2.44. The Morgan fingerprint density at radius 2 is 1.59 bits per heavy atom. The van der Waals surface area contributed by atoms with Gasteiger partial charge in [0.2, 0.25) is 11.8 Å². The molecule has 0 radical (unpaired) electrons. The standard InChI is InChI=1S/C25H36N4O4S/c1-6-17-26-25(31)23(7-2)28(18-21-15-13-20(3)14-16-21)24(30)19-29(34(32,33)27(4)5)22-11-9-8-10-12-22/h8-16,23H,6-7,17-19H2,1-5H3,(H,26,31). The summed E-state index contributed by atoms with van der Waals surface area (Å²) in [5.74, 6) is -0.695. The molecule has 0 aliphatic rings. The lowest BCUT2D eigenvalue weighted by molar-refractivity contribution is -0.140. The lowest BCUT2D eigenvalue weighted by atomic mass is 10.1. The van der Waals surface area contributed by atoms with E-state index in [1.165, 1.54) is 19.0 Å². The van der Waals surface area contributed by atoms with E-state index in [-0.39, 0.29) is 12.5 Å². The molecular formula is C25H36N4O4S. The van der Waals surface area contributed by atoms with Crippen molar-refractivity contribution >= 4 is 27.7 Å². The van der Waals surface area contributed by atoms with E-state index in [2.05, 4.69) is 5.32 Å². The fourth-order valence-corrected chi connectivity index (χ4v) is 4.54. The SMILES string of the molecule is CCCNC(=O)C(CC)N(Cc1ccc(C)cc1)C(=O)CN(c1ccccc1)S(=O)(=O)N(C)C. The minimum Gasteiger partial charge on any atom is -0.354 e.